The van der Waals surface area contributed by atoms with Crippen molar-refractivity contribution >= 4 is 17.3 Å². The van der Waals surface area contributed by atoms with Crippen molar-refractivity contribution in [2.45, 2.75) is 13.8 Å². The summed E-state index contributed by atoms with van der Waals surface area (Å²) in [5, 5.41) is 6.12. The van der Waals surface area contributed by atoms with E-state index in [1.807, 2.05) is 13.8 Å². The Kier molecular flexibility index (Phi) is 3.31. The summed E-state index contributed by atoms with van der Waals surface area (Å²) in [5.41, 5.74) is 6.38. The lowest BCUT2D eigenvalue weighted by Crippen LogP contribution is -2.09. The maximum absolute atomic E-state index is 5.81. The largest absolute Gasteiger partial charge is 0.393 e. The lowest BCUT2D eigenvalue weighted by atomic mass is 10.4. The summed E-state index contributed by atoms with van der Waals surface area (Å²) < 4.78 is 0. The molecule has 0 atom stereocenters. The molecule has 5 heteroatoms. The molecule has 0 saturated heterocycles. The van der Waals surface area contributed by atoms with Gasteiger partial charge >= 0.3 is 0 Å². The molecule has 0 aliphatic rings. The second-order valence-electron chi connectivity index (χ2n) is 2.55. The molecule has 1 rings (SSSR count). The Morgan fingerprint density at radius 1 is 1.15 bits per heavy atom. The third-order valence-electron chi connectivity index (χ3n) is 1.57. The van der Waals surface area contributed by atoms with Crippen molar-refractivity contribution in [2.75, 3.05) is 29.5 Å². The van der Waals surface area contributed by atoms with Crippen molar-refractivity contribution in [3.05, 3.63) is 6.33 Å². The molecule has 0 radical (unpaired) electrons. The number of nitrogens with two attached hydrogens (primary N) is 1. The molecule has 0 fully saturated rings. The highest BCUT2D eigenvalue weighted by Crippen LogP contribution is 2.21. The van der Waals surface area contributed by atoms with Crippen LogP contribution in [0.2, 0.25) is 0 Å². The Bertz CT molecular complexity index is 249. The molecular formula is C8H15N5. The van der Waals surface area contributed by atoms with Crippen molar-refractivity contribution in [3.8, 4) is 0 Å². The predicted molar refractivity (Wildman–Crippen MR) is 54.8 cm³/mol. The molecule has 1 aromatic heterocycles. The van der Waals surface area contributed by atoms with E-state index < -0.39 is 0 Å². The zero-order valence-corrected chi connectivity index (χ0v) is 7.96. The van der Waals surface area contributed by atoms with Crippen molar-refractivity contribution in [3.63, 3.8) is 0 Å². The third-order valence-corrected chi connectivity index (χ3v) is 1.57. The summed E-state index contributed by atoms with van der Waals surface area (Å²) in [4.78, 5) is 8.05. The molecule has 0 spiro atoms. The van der Waals surface area contributed by atoms with E-state index in [4.69, 9.17) is 5.73 Å². The number of nitrogen functional groups attached to an aromatic ring is 1. The molecule has 0 unspecified atom stereocenters. The molecule has 0 amide bonds. The van der Waals surface area contributed by atoms with Gasteiger partial charge in [-0.05, 0) is 13.8 Å². The number of aromatic nitrogens is 2. The van der Waals surface area contributed by atoms with Crippen LogP contribution < -0.4 is 16.4 Å². The van der Waals surface area contributed by atoms with E-state index in [1.54, 1.807) is 0 Å². The number of rotatable bonds is 4. The fourth-order valence-corrected chi connectivity index (χ4v) is 1.01. The number of anilines is 3. The Hall–Kier alpha value is -1.52. The number of nitrogens with zero attached hydrogens (tertiary/aromatic N) is 2. The van der Waals surface area contributed by atoms with Gasteiger partial charge in [-0.25, -0.2) is 9.97 Å². The first-order chi connectivity index (χ1) is 6.29. The maximum atomic E-state index is 5.81. The van der Waals surface area contributed by atoms with Crippen LogP contribution in [0.4, 0.5) is 17.3 Å². The molecule has 13 heavy (non-hydrogen) atoms. The summed E-state index contributed by atoms with van der Waals surface area (Å²) in [6.07, 6.45) is 1.49. The average Bonchev–Trinajstić information content (AvgIpc) is 2.13. The first kappa shape index (κ1) is 9.57. The molecule has 1 aromatic rings. The molecule has 0 bridgehead atoms. The van der Waals surface area contributed by atoms with Crippen LogP contribution in [0.15, 0.2) is 6.33 Å². The fraction of sp³-hybridized carbons (Fsp3) is 0.500. The molecule has 0 saturated carbocycles. The average molecular weight is 181 g/mol. The highest BCUT2D eigenvalue weighted by atomic mass is 15.1. The summed E-state index contributed by atoms with van der Waals surface area (Å²) in [7, 11) is 0. The summed E-state index contributed by atoms with van der Waals surface area (Å²) in [5.74, 6) is 1.38. The van der Waals surface area contributed by atoms with Gasteiger partial charge in [0.1, 0.15) is 12.0 Å². The van der Waals surface area contributed by atoms with E-state index in [0.29, 0.717) is 17.3 Å². The SMILES string of the molecule is CCNc1ncnc(NCC)c1N. The van der Waals surface area contributed by atoms with Gasteiger partial charge in [0.2, 0.25) is 0 Å². The van der Waals surface area contributed by atoms with Crippen LogP contribution in [0.5, 0.6) is 0 Å². The van der Waals surface area contributed by atoms with Gasteiger partial charge < -0.3 is 16.4 Å². The lowest BCUT2D eigenvalue weighted by molar-refractivity contribution is 1.09. The first-order valence-electron chi connectivity index (χ1n) is 4.37. The monoisotopic (exact) mass is 181 g/mol. The van der Waals surface area contributed by atoms with Crippen LogP contribution in [0.1, 0.15) is 13.8 Å². The van der Waals surface area contributed by atoms with Crippen LogP contribution >= 0.6 is 0 Å². The van der Waals surface area contributed by atoms with Crippen LogP contribution in [0.3, 0.4) is 0 Å². The van der Waals surface area contributed by atoms with E-state index in [9.17, 15) is 0 Å². The highest BCUT2D eigenvalue weighted by Gasteiger charge is 2.04. The maximum Gasteiger partial charge on any atom is 0.154 e. The molecule has 72 valence electrons. The van der Waals surface area contributed by atoms with Gasteiger partial charge in [-0.15, -0.1) is 0 Å². The Labute approximate surface area is 77.8 Å². The summed E-state index contributed by atoms with van der Waals surface area (Å²) in [6, 6.07) is 0. The van der Waals surface area contributed by atoms with Gasteiger partial charge in [0, 0.05) is 13.1 Å². The van der Waals surface area contributed by atoms with Gasteiger partial charge in [-0.2, -0.15) is 0 Å². The number of hydrogen-bond donors (Lipinski definition) is 3. The minimum absolute atomic E-state index is 0.575. The lowest BCUT2D eigenvalue weighted by Gasteiger charge is -2.09. The summed E-state index contributed by atoms with van der Waals surface area (Å²) in [6.45, 7) is 5.59. The first-order valence-corrected chi connectivity index (χ1v) is 4.37. The van der Waals surface area contributed by atoms with Crippen molar-refractivity contribution < 1.29 is 0 Å². The van der Waals surface area contributed by atoms with Crippen molar-refractivity contribution in [1.29, 1.82) is 0 Å². The van der Waals surface area contributed by atoms with Crippen LogP contribution in [-0.2, 0) is 0 Å². The summed E-state index contributed by atoms with van der Waals surface area (Å²) >= 11 is 0. The molecule has 0 aliphatic heterocycles. The van der Waals surface area contributed by atoms with Crippen LogP contribution in [-0.4, -0.2) is 23.1 Å². The van der Waals surface area contributed by atoms with Gasteiger partial charge in [-0.3, -0.25) is 0 Å². The van der Waals surface area contributed by atoms with Crippen molar-refractivity contribution in [2.24, 2.45) is 0 Å². The van der Waals surface area contributed by atoms with Crippen LogP contribution in [0.25, 0.3) is 0 Å². The highest BCUT2D eigenvalue weighted by molar-refractivity contribution is 5.73. The van der Waals surface area contributed by atoms with Gasteiger partial charge in [0.05, 0.1) is 0 Å². The Morgan fingerprint density at radius 3 is 2.00 bits per heavy atom. The van der Waals surface area contributed by atoms with E-state index in [2.05, 4.69) is 20.6 Å². The molecule has 4 N–H and O–H groups in total. The van der Waals surface area contributed by atoms with Crippen molar-refractivity contribution in [1.82, 2.24) is 9.97 Å². The molecule has 1 heterocycles. The smallest absolute Gasteiger partial charge is 0.154 e. The number of hydrogen-bond acceptors (Lipinski definition) is 5. The Balaban J connectivity index is 2.89. The van der Waals surface area contributed by atoms with Crippen LogP contribution in [0, 0.1) is 0 Å². The molecule has 0 aliphatic carbocycles. The molecular weight excluding hydrogens is 166 g/mol. The second kappa shape index (κ2) is 4.49. The zero-order chi connectivity index (χ0) is 9.68. The van der Waals surface area contributed by atoms with Gasteiger partial charge in [-0.1, -0.05) is 0 Å². The standard InChI is InChI=1S/C8H15N5/c1-3-10-7-6(9)8(11-4-2)13-5-12-7/h5H,3-4,9H2,1-2H3,(H2,10,11,12,13). The molecule has 0 aromatic carbocycles. The van der Waals surface area contributed by atoms with Gasteiger partial charge in [0.25, 0.3) is 0 Å². The minimum Gasteiger partial charge on any atom is -0.393 e. The topological polar surface area (TPSA) is 75.9 Å². The van der Waals surface area contributed by atoms with E-state index in [-0.39, 0.29) is 0 Å². The van der Waals surface area contributed by atoms with E-state index >= 15 is 0 Å². The van der Waals surface area contributed by atoms with E-state index in [0.717, 1.165) is 13.1 Å². The normalized spacial score (nSPS) is 9.69. The Morgan fingerprint density at radius 2 is 1.62 bits per heavy atom. The second-order valence-corrected chi connectivity index (χ2v) is 2.55. The molecule has 5 nitrogen and oxygen atoms in total. The zero-order valence-electron chi connectivity index (χ0n) is 7.96. The third kappa shape index (κ3) is 2.21. The fourth-order valence-electron chi connectivity index (χ4n) is 1.01. The predicted octanol–water partition coefficient (Wildman–Crippen LogP) is 0.922. The van der Waals surface area contributed by atoms with E-state index in [1.165, 1.54) is 6.33 Å². The quantitative estimate of drug-likeness (QED) is 0.644. The number of nitrogens with one attached hydrogen (secondary N) is 2. The minimum atomic E-state index is 0.575. The van der Waals surface area contributed by atoms with Gasteiger partial charge in [0.15, 0.2) is 11.6 Å².